The van der Waals surface area contributed by atoms with Gasteiger partial charge in [-0.3, -0.25) is 4.79 Å². The van der Waals surface area contributed by atoms with Crippen LogP contribution in [0.1, 0.15) is 6.92 Å². The summed E-state index contributed by atoms with van der Waals surface area (Å²) in [5.41, 5.74) is 0. The third-order valence-electron chi connectivity index (χ3n) is 2.12. The molecule has 6 heteroatoms. The minimum atomic E-state index is -0.409. The number of ether oxygens (including phenoxy) is 1. The number of carbonyl (C=O) groups is 2. The monoisotopic (exact) mass is 295 g/mol. The second-order valence-corrected chi connectivity index (χ2v) is 4.77. The molecule has 1 atom stereocenters. The SMILES string of the molecule is CCOC(=O)C1CSCCN1C(=O)CBr. The van der Waals surface area contributed by atoms with E-state index in [1.165, 1.54) is 0 Å². The fourth-order valence-corrected chi connectivity index (χ4v) is 2.77. The Kier molecular flexibility index (Phi) is 5.45. The van der Waals surface area contributed by atoms with Crippen molar-refractivity contribution in [2.24, 2.45) is 0 Å². The average molecular weight is 296 g/mol. The third-order valence-corrected chi connectivity index (χ3v) is 3.62. The molecule has 0 bridgehead atoms. The summed E-state index contributed by atoms with van der Waals surface area (Å²) >= 11 is 4.79. The summed E-state index contributed by atoms with van der Waals surface area (Å²) in [6, 6.07) is -0.409. The van der Waals surface area contributed by atoms with Crippen LogP contribution in [0.4, 0.5) is 0 Å². The Labute approximate surface area is 102 Å². The molecule has 15 heavy (non-hydrogen) atoms. The highest BCUT2D eigenvalue weighted by Crippen LogP contribution is 2.18. The van der Waals surface area contributed by atoms with Crippen LogP contribution in [0.5, 0.6) is 0 Å². The fraction of sp³-hybridized carbons (Fsp3) is 0.778. The lowest BCUT2D eigenvalue weighted by Crippen LogP contribution is -2.51. The van der Waals surface area contributed by atoms with Crippen molar-refractivity contribution < 1.29 is 14.3 Å². The third kappa shape index (κ3) is 3.38. The maximum absolute atomic E-state index is 11.6. The maximum atomic E-state index is 11.6. The molecule has 0 aromatic heterocycles. The van der Waals surface area contributed by atoms with Gasteiger partial charge in [0.2, 0.25) is 5.91 Å². The lowest BCUT2D eigenvalue weighted by Gasteiger charge is -2.33. The largest absolute Gasteiger partial charge is 0.464 e. The number of hydrogen-bond donors (Lipinski definition) is 0. The molecule has 0 saturated carbocycles. The first-order valence-corrected chi connectivity index (χ1v) is 7.08. The molecule has 0 spiro atoms. The molecular formula is C9H14BrNO3S. The Morgan fingerprint density at radius 3 is 2.93 bits per heavy atom. The maximum Gasteiger partial charge on any atom is 0.329 e. The van der Waals surface area contributed by atoms with Crippen LogP contribution in [0.3, 0.4) is 0 Å². The number of hydrogen-bond acceptors (Lipinski definition) is 4. The summed E-state index contributed by atoms with van der Waals surface area (Å²) in [7, 11) is 0. The van der Waals surface area contributed by atoms with Gasteiger partial charge in [-0.25, -0.2) is 4.79 Å². The quantitative estimate of drug-likeness (QED) is 0.573. The molecule has 1 aliphatic rings. The van der Waals surface area contributed by atoms with Crippen molar-refractivity contribution in [1.29, 1.82) is 0 Å². The summed E-state index contributed by atoms with van der Waals surface area (Å²) in [4.78, 5) is 24.7. The van der Waals surface area contributed by atoms with Gasteiger partial charge in [0.05, 0.1) is 11.9 Å². The van der Waals surface area contributed by atoms with Crippen molar-refractivity contribution in [2.45, 2.75) is 13.0 Å². The Morgan fingerprint density at radius 1 is 1.60 bits per heavy atom. The molecule has 86 valence electrons. The first kappa shape index (κ1) is 12.8. The van der Waals surface area contributed by atoms with Gasteiger partial charge in [0, 0.05) is 18.1 Å². The number of carbonyl (C=O) groups excluding carboxylic acids is 2. The zero-order valence-electron chi connectivity index (χ0n) is 8.57. The van der Waals surface area contributed by atoms with Gasteiger partial charge in [-0.2, -0.15) is 11.8 Å². The average Bonchev–Trinajstić information content (AvgIpc) is 2.28. The Balaban J connectivity index is 2.65. The molecule has 0 N–H and O–H groups in total. The minimum Gasteiger partial charge on any atom is -0.464 e. The summed E-state index contributed by atoms with van der Waals surface area (Å²) in [5.74, 6) is 1.18. The Morgan fingerprint density at radius 2 is 2.33 bits per heavy atom. The van der Waals surface area contributed by atoms with E-state index < -0.39 is 6.04 Å². The minimum absolute atomic E-state index is 0.0478. The molecule has 1 saturated heterocycles. The molecular weight excluding hydrogens is 282 g/mol. The number of esters is 1. The zero-order valence-corrected chi connectivity index (χ0v) is 11.0. The van der Waals surface area contributed by atoms with Crippen molar-refractivity contribution in [2.75, 3.05) is 30.0 Å². The highest BCUT2D eigenvalue weighted by molar-refractivity contribution is 9.09. The fourth-order valence-electron chi connectivity index (χ4n) is 1.41. The van der Waals surface area contributed by atoms with Crippen LogP contribution in [0.25, 0.3) is 0 Å². The van der Waals surface area contributed by atoms with Crippen LogP contribution in [0.2, 0.25) is 0 Å². The van der Waals surface area contributed by atoms with Gasteiger partial charge in [-0.1, -0.05) is 15.9 Å². The summed E-state index contributed by atoms with van der Waals surface area (Å²) in [5, 5.41) is 0.258. The van der Waals surface area contributed by atoms with Gasteiger partial charge in [-0.05, 0) is 6.92 Å². The number of alkyl halides is 1. The van der Waals surface area contributed by atoms with Crippen molar-refractivity contribution in [3.8, 4) is 0 Å². The van der Waals surface area contributed by atoms with Crippen LogP contribution in [-0.2, 0) is 14.3 Å². The van der Waals surface area contributed by atoms with Gasteiger partial charge in [0.25, 0.3) is 0 Å². The van der Waals surface area contributed by atoms with E-state index in [2.05, 4.69) is 15.9 Å². The second kappa shape index (κ2) is 6.37. The summed E-state index contributed by atoms with van der Waals surface area (Å²) in [6.07, 6.45) is 0. The number of halogens is 1. The van der Waals surface area contributed by atoms with Crippen LogP contribution in [0.15, 0.2) is 0 Å². The number of amides is 1. The molecule has 0 radical (unpaired) electrons. The van der Waals surface area contributed by atoms with E-state index in [-0.39, 0.29) is 17.2 Å². The molecule has 0 aliphatic carbocycles. The van der Waals surface area contributed by atoms with Crippen LogP contribution < -0.4 is 0 Å². The molecule has 1 fully saturated rings. The molecule has 1 heterocycles. The smallest absolute Gasteiger partial charge is 0.329 e. The summed E-state index contributed by atoms with van der Waals surface area (Å²) in [6.45, 7) is 2.75. The second-order valence-electron chi connectivity index (χ2n) is 3.06. The Hall–Kier alpha value is -0.230. The first-order valence-electron chi connectivity index (χ1n) is 4.80. The zero-order chi connectivity index (χ0) is 11.3. The van der Waals surface area contributed by atoms with Crippen molar-refractivity contribution in [1.82, 2.24) is 4.90 Å². The standard InChI is InChI=1S/C9H14BrNO3S/c1-2-14-9(13)7-6-15-4-3-11(7)8(12)5-10/h7H,2-6H2,1H3. The number of nitrogens with zero attached hydrogens (tertiary/aromatic N) is 1. The van der Waals surface area contributed by atoms with E-state index >= 15 is 0 Å². The lowest BCUT2D eigenvalue weighted by molar-refractivity contribution is -0.153. The topological polar surface area (TPSA) is 46.6 Å². The van der Waals surface area contributed by atoms with E-state index in [1.54, 1.807) is 23.6 Å². The van der Waals surface area contributed by atoms with Crippen LogP contribution >= 0.6 is 27.7 Å². The molecule has 1 unspecified atom stereocenters. The van der Waals surface area contributed by atoms with Crippen molar-refractivity contribution in [3.05, 3.63) is 0 Å². The van der Waals surface area contributed by atoms with Gasteiger partial charge in [-0.15, -0.1) is 0 Å². The highest BCUT2D eigenvalue weighted by Gasteiger charge is 2.32. The van der Waals surface area contributed by atoms with Crippen LogP contribution in [0, 0.1) is 0 Å². The normalized spacial score (nSPS) is 21.2. The summed E-state index contributed by atoms with van der Waals surface area (Å²) < 4.78 is 4.94. The predicted molar refractivity (Wildman–Crippen MR) is 63.3 cm³/mol. The molecule has 0 aromatic carbocycles. The van der Waals surface area contributed by atoms with Crippen LogP contribution in [-0.4, -0.2) is 52.8 Å². The van der Waals surface area contributed by atoms with Crippen molar-refractivity contribution in [3.63, 3.8) is 0 Å². The van der Waals surface area contributed by atoms with Gasteiger partial charge < -0.3 is 9.64 Å². The highest BCUT2D eigenvalue weighted by atomic mass is 79.9. The molecule has 4 nitrogen and oxygen atoms in total. The van der Waals surface area contributed by atoms with E-state index in [9.17, 15) is 9.59 Å². The van der Waals surface area contributed by atoms with Gasteiger partial charge in [0.15, 0.2) is 0 Å². The lowest BCUT2D eigenvalue weighted by atomic mass is 10.2. The molecule has 1 rings (SSSR count). The molecule has 0 aromatic rings. The van der Waals surface area contributed by atoms with E-state index in [0.717, 1.165) is 5.75 Å². The predicted octanol–water partition coefficient (Wildman–Crippen LogP) is 0.888. The number of rotatable bonds is 3. The molecule has 1 amide bonds. The van der Waals surface area contributed by atoms with E-state index in [4.69, 9.17) is 4.74 Å². The van der Waals surface area contributed by atoms with Crippen molar-refractivity contribution >= 4 is 39.6 Å². The van der Waals surface area contributed by atoms with Gasteiger partial charge >= 0.3 is 5.97 Å². The van der Waals surface area contributed by atoms with Gasteiger partial charge in [0.1, 0.15) is 6.04 Å². The number of thioether (sulfide) groups is 1. The Bertz CT molecular complexity index is 250. The van der Waals surface area contributed by atoms with E-state index in [0.29, 0.717) is 18.9 Å². The van der Waals surface area contributed by atoms with E-state index in [1.807, 2.05) is 0 Å². The first-order chi connectivity index (χ1) is 7.20. The molecule has 1 aliphatic heterocycles.